The first kappa shape index (κ1) is 112. The van der Waals surface area contributed by atoms with Crippen LogP contribution in [0, 0.1) is 0 Å². The maximum Gasteiger partial charge on any atom is 0.457 e. The summed E-state index contributed by atoms with van der Waals surface area (Å²) in [6.45, 7) is 33.4. The van der Waals surface area contributed by atoms with Crippen molar-refractivity contribution in [3.05, 3.63) is 35.7 Å². The molecule has 49 heteroatoms. The Hall–Kier alpha value is -6.33. The summed E-state index contributed by atoms with van der Waals surface area (Å²) in [5, 5.41) is 41.1. The molecule has 0 spiro atoms. The van der Waals surface area contributed by atoms with E-state index in [1.807, 2.05) is 69.2 Å². The van der Waals surface area contributed by atoms with Crippen LogP contribution in [0.3, 0.4) is 0 Å². The molecule has 5 amide bonds. The lowest BCUT2D eigenvalue weighted by molar-refractivity contribution is -0.214. The minimum atomic E-state index is -1.30. The monoisotopic (exact) mass is 2010 g/mol. The van der Waals surface area contributed by atoms with Gasteiger partial charge in [-0.15, -0.1) is 15.3 Å². The number of hydrogen-bond donors (Lipinski definition) is 5. The summed E-state index contributed by atoms with van der Waals surface area (Å²) in [4.78, 5) is 63.4. The van der Waals surface area contributed by atoms with E-state index >= 15 is 0 Å². The zero-order valence-electron chi connectivity index (χ0n) is 84.4. The lowest BCUT2D eigenvalue weighted by Gasteiger charge is -2.42. The maximum atomic E-state index is 14.4. The van der Waals surface area contributed by atoms with Gasteiger partial charge in [-0.3, -0.25) is 24.0 Å². The molecule has 141 heavy (non-hydrogen) atoms. The summed E-state index contributed by atoms with van der Waals surface area (Å²) >= 11 is 0. The molecule has 798 valence electrons. The summed E-state index contributed by atoms with van der Waals surface area (Å²) in [6, 6.07) is -1.54. The van der Waals surface area contributed by atoms with E-state index in [0.29, 0.717) is 227 Å². The fraction of sp³-hybridized carbons (Fsp3) is 0.880. The van der Waals surface area contributed by atoms with E-state index in [4.69, 9.17) is 137 Å². The third-order valence-electron chi connectivity index (χ3n) is 25.7. The Morgan fingerprint density at radius 2 is 0.695 bits per heavy atom. The summed E-state index contributed by atoms with van der Waals surface area (Å²) < 4.78 is 181. The van der Waals surface area contributed by atoms with Gasteiger partial charge < -0.3 is 164 Å². The zero-order valence-corrected chi connectivity index (χ0v) is 84.4. The molecule has 13 heterocycles. The molecule has 5 N–H and O–H groups in total. The summed E-state index contributed by atoms with van der Waals surface area (Å²) in [5.41, 5.74) is -3.07. The second-order valence-corrected chi connectivity index (χ2v) is 39.5. The van der Waals surface area contributed by atoms with Crippen LogP contribution in [0.5, 0.6) is 0 Å². The quantitative estimate of drug-likeness (QED) is 0.0396. The average Bonchev–Trinajstić information content (AvgIpc) is 1.57. The second kappa shape index (κ2) is 53.5. The molecule has 0 radical (unpaired) electrons. The average molecular weight is 2010 g/mol. The van der Waals surface area contributed by atoms with E-state index in [0.717, 1.165) is 25.6 Å². The van der Waals surface area contributed by atoms with Crippen molar-refractivity contribution in [3.63, 3.8) is 0 Å². The van der Waals surface area contributed by atoms with Gasteiger partial charge in [-0.05, 0) is 94.8 Å². The molecule has 0 aliphatic carbocycles. The van der Waals surface area contributed by atoms with Crippen LogP contribution < -0.4 is 26.6 Å². The van der Waals surface area contributed by atoms with E-state index in [-0.39, 0.29) is 120 Å². The number of nitrogens with zero attached hydrogens (tertiary/aromatic N) is 9. The molecular weight excluding hydrogens is 1860 g/mol. The van der Waals surface area contributed by atoms with Crippen LogP contribution in [0.25, 0.3) is 0 Å². The molecule has 10 saturated heterocycles. The Morgan fingerprint density at radius 3 is 1.06 bits per heavy atom. The first-order valence-corrected chi connectivity index (χ1v) is 49.7. The van der Waals surface area contributed by atoms with Crippen molar-refractivity contribution in [2.45, 2.75) is 318 Å². The van der Waals surface area contributed by atoms with Crippen molar-refractivity contribution in [3.8, 4) is 0 Å². The van der Waals surface area contributed by atoms with Crippen molar-refractivity contribution >= 4 is 36.7 Å². The molecule has 15 atom stereocenters. The Morgan fingerprint density at radius 1 is 0.376 bits per heavy atom. The highest BCUT2D eigenvalue weighted by molar-refractivity contribution is 6.45. The molecular formula is C92H153BN14O34. The predicted molar refractivity (Wildman–Crippen MR) is 490 cm³/mol. The van der Waals surface area contributed by atoms with Gasteiger partial charge in [0.05, 0.1) is 261 Å². The zero-order chi connectivity index (χ0) is 100.0. The summed E-state index contributed by atoms with van der Waals surface area (Å²) in [7, 11) is -0.259. The Balaban J connectivity index is 0.539. The van der Waals surface area contributed by atoms with Crippen LogP contribution in [0.1, 0.15) is 165 Å². The first-order chi connectivity index (χ1) is 67.7. The lowest BCUT2D eigenvalue weighted by Crippen LogP contribution is -2.65. The normalized spacial score (nSPS) is 27.7. The number of rotatable bonds is 71. The van der Waals surface area contributed by atoms with Gasteiger partial charge in [-0.1, -0.05) is 34.9 Å². The van der Waals surface area contributed by atoms with Crippen LogP contribution in [-0.2, 0) is 201 Å². The Kier molecular flexibility index (Phi) is 42.5. The molecule has 10 fully saturated rings. The number of carbonyl (C=O) groups excluding carboxylic acids is 5. The third-order valence-corrected chi connectivity index (χ3v) is 25.7. The highest BCUT2D eigenvalue weighted by Crippen LogP contribution is 2.51. The number of carbonyl (C=O) groups is 5. The van der Waals surface area contributed by atoms with Crippen LogP contribution in [0.4, 0.5) is 0 Å². The van der Waals surface area contributed by atoms with Gasteiger partial charge in [-0.2, -0.15) is 0 Å². The number of aromatic nitrogens is 9. The van der Waals surface area contributed by atoms with Crippen LogP contribution in [0.15, 0.2) is 18.6 Å². The SMILES string of the molecule is CC(=O)N[C@H]1[C@H]2OC[C@](CCOCCOCCOCCOCCn3cc(COCC(COCc4cn(CCOCCOCCOCCOC[C@@]56CO[C@@H](O5)[C@H](NC(C)=O)[C@H]5OC(C)(C)O[C@H]56)nn4)(COCc4cn(CCOCCOCCOCCOC[C@@]56CO[C@@H](O5)[C@H](NC(C)=O)[C@H]5OC(C)(C)O[C@H]56)nn4)NC(=O)CCCCCNC(=O)CCCCCB4OC(C)(C)C(C)(C)O4)nn3)(O2)[C@@H]2OC(C)(C)O[C@H]12. The van der Waals surface area contributed by atoms with Crippen LogP contribution in [0.2, 0.25) is 6.32 Å². The number of fused-ring (bicyclic) bond motifs is 12. The van der Waals surface area contributed by atoms with Gasteiger partial charge in [0.15, 0.2) is 36.2 Å². The number of hydrogen-bond acceptors (Lipinski definition) is 40. The highest BCUT2D eigenvalue weighted by atomic mass is 16.8. The summed E-state index contributed by atoms with van der Waals surface area (Å²) in [5.74, 6) is -3.53. The molecule has 10 aliphatic heterocycles. The van der Waals surface area contributed by atoms with E-state index in [2.05, 4.69) is 57.5 Å². The van der Waals surface area contributed by atoms with Crippen LogP contribution >= 0.6 is 0 Å². The van der Waals surface area contributed by atoms with Crippen molar-refractivity contribution in [2.24, 2.45) is 0 Å². The summed E-state index contributed by atoms with van der Waals surface area (Å²) in [6.07, 6.45) is 6.63. The fourth-order valence-corrected chi connectivity index (χ4v) is 18.4. The molecule has 3 aromatic heterocycles. The van der Waals surface area contributed by atoms with Gasteiger partial charge in [0.25, 0.3) is 0 Å². The molecule has 10 aliphatic rings. The van der Waals surface area contributed by atoms with Gasteiger partial charge in [0, 0.05) is 53.2 Å². The van der Waals surface area contributed by atoms with Crippen molar-refractivity contribution < 1.29 is 161 Å². The van der Waals surface area contributed by atoms with Gasteiger partial charge in [-0.25, -0.2) is 14.0 Å². The second-order valence-electron chi connectivity index (χ2n) is 39.5. The standard InChI is InChI=1S/C92H153BN14O34/c1-64(108)95-72-75-78(134-86(8,9)131-75)90(61-128-81(72)137-90)22-28-113-32-36-117-40-41-118-37-33-114-29-25-105-50-67(99-102-105)53-125-56-89(98-71(112)21-17-15-19-24-94-70(111)20-16-14-18-23-93-140-84(4,5)85(6,7)141-93,57-126-54-68-51-106(103-100-68)26-30-115-34-38-119-42-44-121-46-48-123-59-91-62-129-82(138-91)73(96-65(2)109)76-79(91)135-87(10,11)132-76)58-127-55-69-52-107(104-101-69)27-31-116-35-39-120-43-45-122-47-49-124-60-92-63-130-83(139-92)74(97-66(3)110)77-80(92)136-88(12,13)133-77/h50-52,72-83H,14-49,53-63H2,1-13H3,(H,94,111)(H,95,108)(H,96,109)(H,97,110)(H,98,112)/t72-,73-,74-,75-,76-,77-,78-,79-,80-,81+,82+,83+,90+,91+,92+/m1/s1. The smallest absolute Gasteiger partial charge is 0.403 e. The minimum absolute atomic E-state index is 0.00692. The highest BCUT2D eigenvalue weighted by Gasteiger charge is 2.69. The third kappa shape index (κ3) is 33.3. The van der Waals surface area contributed by atoms with Crippen molar-refractivity contribution in [1.82, 2.24) is 71.6 Å². The predicted octanol–water partition coefficient (Wildman–Crippen LogP) is 1.64. The molecule has 48 nitrogen and oxygen atoms in total. The topological polar surface area (TPSA) is 505 Å². The Bertz CT molecular complexity index is 4130. The molecule has 0 aromatic carbocycles. The van der Waals surface area contributed by atoms with E-state index in [1.165, 1.54) is 20.8 Å². The number of nitrogens with one attached hydrogen (secondary N) is 5. The molecule has 3 aromatic rings. The Labute approximate surface area is 824 Å². The molecule has 13 rings (SSSR count). The molecule has 6 bridgehead atoms. The molecule has 0 unspecified atom stereocenters. The van der Waals surface area contributed by atoms with E-state index < -0.39 is 113 Å². The maximum absolute atomic E-state index is 14.4. The van der Waals surface area contributed by atoms with E-state index in [1.54, 1.807) is 32.6 Å². The van der Waals surface area contributed by atoms with E-state index in [9.17, 15) is 24.0 Å². The lowest BCUT2D eigenvalue weighted by atomic mass is 9.82. The largest absolute Gasteiger partial charge is 0.457 e. The fourth-order valence-electron chi connectivity index (χ4n) is 18.4. The minimum Gasteiger partial charge on any atom is -0.403 e. The van der Waals surface area contributed by atoms with Crippen molar-refractivity contribution in [2.75, 3.05) is 205 Å². The first-order valence-electron chi connectivity index (χ1n) is 49.7. The van der Waals surface area contributed by atoms with Gasteiger partial charge >= 0.3 is 7.12 Å². The number of amides is 5. The van der Waals surface area contributed by atoms with Gasteiger partial charge in [0.2, 0.25) is 29.5 Å². The number of ether oxygens (including phenoxy) is 27. The molecule has 0 saturated carbocycles. The van der Waals surface area contributed by atoms with Crippen LogP contribution in [-0.4, -0.2) is 411 Å². The van der Waals surface area contributed by atoms with Gasteiger partial charge in [0.1, 0.15) is 94.2 Å². The van der Waals surface area contributed by atoms with Crippen molar-refractivity contribution in [1.29, 1.82) is 0 Å². The number of unbranched alkanes of at least 4 members (excludes halogenated alkanes) is 4.